The molecule has 1 fully saturated rings. The average molecular weight is 314 g/mol. The van der Waals surface area contributed by atoms with Crippen LogP contribution in [0.5, 0.6) is 0 Å². The van der Waals surface area contributed by atoms with Crippen molar-refractivity contribution in [2.45, 2.75) is 45.3 Å². The summed E-state index contributed by atoms with van der Waals surface area (Å²) in [7, 11) is 0. The molecule has 0 saturated carbocycles. The number of nitrogens with zero attached hydrogens (tertiary/aromatic N) is 4. The van der Waals surface area contributed by atoms with E-state index in [1.807, 2.05) is 31.2 Å². The second-order valence-electron chi connectivity index (χ2n) is 6.15. The molecule has 2 N–H and O–H groups in total. The van der Waals surface area contributed by atoms with Crippen LogP contribution in [0.4, 0.5) is 0 Å². The molecule has 7 nitrogen and oxygen atoms in total. The van der Waals surface area contributed by atoms with E-state index in [0.717, 1.165) is 24.9 Å². The summed E-state index contributed by atoms with van der Waals surface area (Å²) in [4.78, 5) is 13.5. The Morgan fingerprint density at radius 1 is 1.39 bits per heavy atom. The van der Waals surface area contributed by atoms with Gasteiger partial charge in [0.1, 0.15) is 6.54 Å². The van der Waals surface area contributed by atoms with Gasteiger partial charge in [-0.1, -0.05) is 29.8 Å². The highest BCUT2D eigenvalue weighted by Gasteiger charge is 2.20. The van der Waals surface area contributed by atoms with E-state index in [-0.39, 0.29) is 18.5 Å². The lowest BCUT2D eigenvalue weighted by Crippen LogP contribution is -2.47. The molecule has 0 bridgehead atoms. The van der Waals surface area contributed by atoms with Gasteiger partial charge in [-0.3, -0.25) is 4.79 Å². The van der Waals surface area contributed by atoms with Crippen LogP contribution >= 0.6 is 0 Å². The second-order valence-corrected chi connectivity index (χ2v) is 6.15. The highest BCUT2D eigenvalue weighted by Crippen LogP contribution is 2.14. The predicted octanol–water partition coefficient (Wildman–Crippen LogP) is 0.905. The summed E-state index contributed by atoms with van der Waals surface area (Å²) in [5.41, 5.74) is 2.08. The molecule has 122 valence electrons. The Bertz CT molecular complexity index is 665. The molecule has 1 aliphatic heterocycles. The Morgan fingerprint density at radius 3 is 2.91 bits per heavy atom. The fraction of sp³-hybridized carbons (Fsp3) is 0.500. The van der Waals surface area contributed by atoms with Crippen LogP contribution in [0.15, 0.2) is 24.3 Å². The first-order valence-corrected chi connectivity index (χ1v) is 7.98. The smallest absolute Gasteiger partial charge is 0.243 e. The van der Waals surface area contributed by atoms with Crippen LogP contribution in [0.25, 0.3) is 11.4 Å². The van der Waals surface area contributed by atoms with Crippen LogP contribution in [-0.4, -0.2) is 44.7 Å². The Labute approximate surface area is 135 Å². The van der Waals surface area contributed by atoms with Gasteiger partial charge in [0.2, 0.25) is 11.7 Å². The highest BCUT2D eigenvalue weighted by molar-refractivity contribution is 5.75. The zero-order chi connectivity index (χ0) is 16.2. The van der Waals surface area contributed by atoms with E-state index in [1.165, 1.54) is 10.4 Å². The summed E-state index contributed by atoms with van der Waals surface area (Å²) in [5.74, 6) is 0.463. The van der Waals surface area contributed by atoms with E-state index in [4.69, 9.17) is 0 Å². The van der Waals surface area contributed by atoms with Gasteiger partial charge < -0.3 is 10.6 Å². The van der Waals surface area contributed by atoms with Gasteiger partial charge in [-0.25, -0.2) is 0 Å². The lowest BCUT2D eigenvalue weighted by Gasteiger charge is -2.28. The summed E-state index contributed by atoms with van der Waals surface area (Å²) in [6.45, 7) is 5.19. The Hall–Kier alpha value is -2.28. The van der Waals surface area contributed by atoms with Gasteiger partial charge in [0.15, 0.2) is 0 Å². The minimum atomic E-state index is -0.0723. The van der Waals surface area contributed by atoms with E-state index in [1.54, 1.807) is 0 Å². The van der Waals surface area contributed by atoms with Gasteiger partial charge in [0.05, 0.1) is 0 Å². The Balaban J connectivity index is 1.58. The SMILES string of the molecule is Cc1ccc(-c2nnn(CC(=O)NC3CCNC(C)C3)n2)cc1. The van der Waals surface area contributed by atoms with E-state index in [9.17, 15) is 4.79 Å². The number of nitrogens with one attached hydrogen (secondary N) is 2. The number of rotatable bonds is 4. The van der Waals surface area contributed by atoms with Crippen molar-refractivity contribution >= 4 is 5.91 Å². The number of amides is 1. The quantitative estimate of drug-likeness (QED) is 0.876. The van der Waals surface area contributed by atoms with Crippen molar-refractivity contribution in [3.8, 4) is 11.4 Å². The standard InChI is InChI=1S/C16H22N6O/c1-11-3-5-13(6-4-11)16-19-21-22(20-16)10-15(23)18-14-7-8-17-12(2)9-14/h3-6,12,14,17H,7-10H2,1-2H3,(H,18,23). The predicted molar refractivity (Wildman–Crippen MR) is 86.6 cm³/mol. The summed E-state index contributed by atoms with van der Waals surface area (Å²) < 4.78 is 0. The van der Waals surface area contributed by atoms with Crippen molar-refractivity contribution in [2.24, 2.45) is 0 Å². The number of aromatic nitrogens is 4. The number of hydrogen-bond donors (Lipinski definition) is 2. The molecule has 1 aliphatic rings. The topological polar surface area (TPSA) is 84.7 Å². The van der Waals surface area contributed by atoms with Crippen LogP contribution < -0.4 is 10.6 Å². The van der Waals surface area contributed by atoms with Crippen LogP contribution in [0.3, 0.4) is 0 Å². The molecule has 2 heterocycles. The van der Waals surface area contributed by atoms with Crippen LogP contribution in [0.1, 0.15) is 25.3 Å². The number of tetrazole rings is 1. The monoisotopic (exact) mass is 314 g/mol. The molecule has 1 aromatic heterocycles. The van der Waals surface area contributed by atoms with Crippen molar-refractivity contribution in [2.75, 3.05) is 6.54 Å². The maximum Gasteiger partial charge on any atom is 0.243 e. The molecule has 7 heteroatoms. The third kappa shape index (κ3) is 4.13. The van der Waals surface area contributed by atoms with E-state index in [0.29, 0.717) is 11.9 Å². The van der Waals surface area contributed by atoms with Crippen LogP contribution in [0, 0.1) is 6.92 Å². The lowest BCUT2D eigenvalue weighted by atomic mass is 10.0. The first kappa shape index (κ1) is 15.6. The molecular formula is C16H22N6O. The molecule has 2 unspecified atom stereocenters. The third-order valence-electron chi connectivity index (χ3n) is 4.04. The van der Waals surface area contributed by atoms with Gasteiger partial charge in [0, 0.05) is 17.6 Å². The van der Waals surface area contributed by atoms with E-state index in [2.05, 4.69) is 33.0 Å². The van der Waals surface area contributed by atoms with E-state index < -0.39 is 0 Å². The minimum absolute atomic E-state index is 0.0723. The maximum atomic E-state index is 12.1. The van der Waals surface area contributed by atoms with Crippen LogP contribution in [0.2, 0.25) is 0 Å². The zero-order valence-corrected chi connectivity index (χ0v) is 13.5. The molecule has 23 heavy (non-hydrogen) atoms. The van der Waals surface area contributed by atoms with Gasteiger partial charge in [-0.05, 0) is 38.4 Å². The molecule has 2 atom stereocenters. The molecule has 0 aliphatic carbocycles. The van der Waals surface area contributed by atoms with Crippen molar-refractivity contribution in [3.63, 3.8) is 0 Å². The molecular weight excluding hydrogens is 292 g/mol. The molecule has 1 saturated heterocycles. The summed E-state index contributed by atoms with van der Waals surface area (Å²) >= 11 is 0. The molecule has 0 radical (unpaired) electrons. The van der Waals surface area contributed by atoms with Crippen molar-refractivity contribution < 1.29 is 4.79 Å². The first-order chi connectivity index (χ1) is 11.1. The summed E-state index contributed by atoms with van der Waals surface area (Å²) in [6.07, 6.45) is 1.90. The molecule has 3 rings (SSSR count). The molecule has 1 amide bonds. The first-order valence-electron chi connectivity index (χ1n) is 7.98. The normalized spacial score (nSPS) is 21.1. The Morgan fingerprint density at radius 2 is 2.17 bits per heavy atom. The maximum absolute atomic E-state index is 12.1. The van der Waals surface area contributed by atoms with Crippen molar-refractivity contribution in [3.05, 3.63) is 29.8 Å². The van der Waals surface area contributed by atoms with Gasteiger partial charge >= 0.3 is 0 Å². The lowest BCUT2D eigenvalue weighted by molar-refractivity contribution is -0.123. The largest absolute Gasteiger partial charge is 0.352 e. The number of benzene rings is 1. The Kier molecular flexibility index (Phi) is 4.66. The van der Waals surface area contributed by atoms with Crippen molar-refractivity contribution in [1.29, 1.82) is 0 Å². The molecule has 0 spiro atoms. The van der Waals surface area contributed by atoms with Crippen LogP contribution in [-0.2, 0) is 11.3 Å². The number of carbonyl (C=O) groups is 1. The highest BCUT2D eigenvalue weighted by atomic mass is 16.2. The number of aryl methyl sites for hydroxylation is 1. The fourth-order valence-electron chi connectivity index (χ4n) is 2.79. The molecule has 2 aromatic rings. The number of carbonyl (C=O) groups excluding carboxylic acids is 1. The van der Waals surface area contributed by atoms with E-state index >= 15 is 0 Å². The number of hydrogen-bond acceptors (Lipinski definition) is 5. The van der Waals surface area contributed by atoms with Crippen molar-refractivity contribution in [1.82, 2.24) is 30.8 Å². The second kappa shape index (κ2) is 6.87. The average Bonchev–Trinajstić information content (AvgIpc) is 2.96. The molecule has 1 aromatic carbocycles. The summed E-state index contributed by atoms with van der Waals surface area (Å²) in [6, 6.07) is 8.56. The number of piperidine rings is 1. The third-order valence-corrected chi connectivity index (χ3v) is 4.04. The van der Waals surface area contributed by atoms with Gasteiger partial charge in [-0.2, -0.15) is 4.80 Å². The van der Waals surface area contributed by atoms with Gasteiger partial charge in [-0.15, -0.1) is 10.2 Å². The summed E-state index contributed by atoms with van der Waals surface area (Å²) in [5, 5.41) is 18.7. The fourth-order valence-corrected chi connectivity index (χ4v) is 2.79. The zero-order valence-electron chi connectivity index (χ0n) is 13.5. The van der Waals surface area contributed by atoms with Gasteiger partial charge in [0.25, 0.3) is 0 Å². The minimum Gasteiger partial charge on any atom is -0.352 e.